The maximum atomic E-state index is 11.9. The number of rotatable bonds is 1. The SMILES string of the molecule is Cn1ncc(N2CCC3CCC(C2)N3)c(Br)c1=O. The summed E-state index contributed by atoms with van der Waals surface area (Å²) in [5.74, 6) is 0. The first-order valence-electron chi connectivity index (χ1n) is 6.38. The van der Waals surface area contributed by atoms with E-state index in [0.717, 1.165) is 25.2 Å². The Bertz CT molecular complexity index is 515. The molecule has 2 saturated heterocycles. The summed E-state index contributed by atoms with van der Waals surface area (Å²) in [4.78, 5) is 14.2. The van der Waals surface area contributed by atoms with E-state index in [1.54, 1.807) is 13.2 Å². The van der Waals surface area contributed by atoms with Crippen molar-refractivity contribution in [3.8, 4) is 0 Å². The van der Waals surface area contributed by atoms with Crippen molar-refractivity contribution in [3.63, 3.8) is 0 Å². The Hall–Kier alpha value is -0.880. The maximum absolute atomic E-state index is 11.9. The van der Waals surface area contributed by atoms with Gasteiger partial charge in [-0.05, 0) is 35.2 Å². The molecule has 2 fully saturated rings. The number of aryl methyl sites for hydroxylation is 1. The summed E-state index contributed by atoms with van der Waals surface area (Å²) in [5, 5.41) is 7.76. The van der Waals surface area contributed by atoms with Gasteiger partial charge in [0, 0.05) is 32.2 Å². The third-order valence-electron chi connectivity index (χ3n) is 3.92. The van der Waals surface area contributed by atoms with E-state index in [4.69, 9.17) is 0 Å². The zero-order valence-corrected chi connectivity index (χ0v) is 12.0. The van der Waals surface area contributed by atoms with Gasteiger partial charge < -0.3 is 10.2 Å². The molecular weight excluding hydrogens is 296 g/mol. The fourth-order valence-electron chi connectivity index (χ4n) is 2.88. The Morgan fingerprint density at radius 3 is 3.00 bits per heavy atom. The van der Waals surface area contributed by atoms with Crippen LogP contribution in [-0.2, 0) is 7.05 Å². The first kappa shape index (κ1) is 12.2. The summed E-state index contributed by atoms with van der Waals surface area (Å²) in [5.41, 5.74) is 0.849. The largest absolute Gasteiger partial charge is 0.368 e. The summed E-state index contributed by atoms with van der Waals surface area (Å²) in [6.45, 7) is 1.95. The van der Waals surface area contributed by atoms with Crippen molar-refractivity contribution in [2.24, 2.45) is 7.05 Å². The molecule has 0 amide bonds. The monoisotopic (exact) mass is 312 g/mol. The van der Waals surface area contributed by atoms with Gasteiger partial charge in [-0.25, -0.2) is 4.68 Å². The van der Waals surface area contributed by atoms with Crippen molar-refractivity contribution in [2.75, 3.05) is 18.0 Å². The minimum Gasteiger partial charge on any atom is -0.368 e. The van der Waals surface area contributed by atoms with Gasteiger partial charge in [-0.2, -0.15) is 5.10 Å². The normalized spacial score (nSPS) is 27.3. The summed E-state index contributed by atoms with van der Waals surface area (Å²) in [7, 11) is 1.67. The quantitative estimate of drug-likeness (QED) is 0.836. The van der Waals surface area contributed by atoms with Crippen LogP contribution in [0.1, 0.15) is 19.3 Å². The average Bonchev–Trinajstić information content (AvgIpc) is 2.68. The van der Waals surface area contributed by atoms with Crippen LogP contribution in [0.3, 0.4) is 0 Å². The number of fused-ring (bicyclic) bond motifs is 2. The molecule has 2 bridgehead atoms. The summed E-state index contributed by atoms with van der Waals surface area (Å²) >= 11 is 3.41. The molecule has 3 heterocycles. The summed E-state index contributed by atoms with van der Waals surface area (Å²) in [6.07, 6.45) is 5.44. The number of halogens is 1. The third kappa shape index (κ3) is 2.07. The van der Waals surface area contributed by atoms with Gasteiger partial charge in [0.25, 0.3) is 5.56 Å². The van der Waals surface area contributed by atoms with E-state index in [-0.39, 0.29) is 5.56 Å². The predicted octanol–water partition coefficient (Wildman–Crippen LogP) is 0.873. The van der Waals surface area contributed by atoms with Crippen LogP contribution in [0.5, 0.6) is 0 Å². The molecule has 6 heteroatoms. The molecule has 0 aliphatic carbocycles. The van der Waals surface area contributed by atoms with Crippen molar-refractivity contribution in [3.05, 3.63) is 21.0 Å². The highest BCUT2D eigenvalue weighted by Gasteiger charge is 2.30. The predicted molar refractivity (Wildman–Crippen MR) is 74.0 cm³/mol. The lowest BCUT2D eigenvalue weighted by atomic mass is 10.1. The van der Waals surface area contributed by atoms with Gasteiger partial charge >= 0.3 is 0 Å². The first-order chi connectivity index (χ1) is 8.65. The van der Waals surface area contributed by atoms with E-state index in [0.29, 0.717) is 16.6 Å². The molecule has 0 aromatic carbocycles. The fourth-order valence-corrected chi connectivity index (χ4v) is 3.49. The van der Waals surface area contributed by atoms with Crippen LogP contribution in [0, 0.1) is 0 Å². The summed E-state index contributed by atoms with van der Waals surface area (Å²) in [6, 6.07) is 1.20. The highest BCUT2D eigenvalue weighted by Crippen LogP contribution is 2.27. The number of nitrogens with one attached hydrogen (secondary N) is 1. The van der Waals surface area contributed by atoms with Crippen molar-refractivity contribution in [1.82, 2.24) is 15.1 Å². The highest BCUT2D eigenvalue weighted by molar-refractivity contribution is 9.10. The molecule has 2 aliphatic rings. The minimum atomic E-state index is -0.0742. The van der Waals surface area contributed by atoms with Gasteiger partial charge in [-0.1, -0.05) is 0 Å². The van der Waals surface area contributed by atoms with Crippen LogP contribution >= 0.6 is 15.9 Å². The molecule has 0 spiro atoms. The van der Waals surface area contributed by atoms with Crippen LogP contribution in [0.4, 0.5) is 5.69 Å². The second-order valence-electron chi connectivity index (χ2n) is 5.15. The summed E-state index contributed by atoms with van der Waals surface area (Å²) < 4.78 is 1.98. The fraction of sp³-hybridized carbons (Fsp3) is 0.667. The van der Waals surface area contributed by atoms with Gasteiger partial charge in [0.2, 0.25) is 0 Å². The number of hydrogen-bond acceptors (Lipinski definition) is 4. The molecular formula is C12H17BrN4O. The molecule has 2 unspecified atom stereocenters. The minimum absolute atomic E-state index is 0.0742. The Labute approximate surface area is 114 Å². The molecule has 18 heavy (non-hydrogen) atoms. The Balaban J connectivity index is 1.91. The van der Waals surface area contributed by atoms with E-state index in [2.05, 4.69) is 31.2 Å². The molecule has 1 aromatic rings. The van der Waals surface area contributed by atoms with E-state index in [1.165, 1.54) is 17.5 Å². The zero-order chi connectivity index (χ0) is 12.7. The van der Waals surface area contributed by atoms with Crippen LogP contribution < -0.4 is 15.8 Å². The molecule has 2 atom stereocenters. The van der Waals surface area contributed by atoms with E-state index in [9.17, 15) is 4.79 Å². The topological polar surface area (TPSA) is 50.2 Å². The number of nitrogens with zero attached hydrogens (tertiary/aromatic N) is 3. The Kier molecular flexibility index (Phi) is 3.15. The first-order valence-corrected chi connectivity index (χ1v) is 7.17. The lowest BCUT2D eigenvalue weighted by Gasteiger charge is -2.26. The highest BCUT2D eigenvalue weighted by atomic mass is 79.9. The Morgan fingerprint density at radius 2 is 2.17 bits per heavy atom. The molecule has 0 saturated carbocycles. The lowest BCUT2D eigenvalue weighted by molar-refractivity contribution is 0.563. The van der Waals surface area contributed by atoms with Gasteiger partial charge in [-0.15, -0.1) is 0 Å². The van der Waals surface area contributed by atoms with Crippen LogP contribution in [0.25, 0.3) is 0 Å². The second-order valence-corrected chi connectivity index (χ2v) is 5.94. The van der Waals surface area contributed by atoms with Gasteiger partial charge in [0.1, 0.15) is 4.47 Å². The van der Waals surface area contributed by atoms with E-state index >= 15 is 0 Å². The average molecular weight is 313 g/mol. The molecule has 0 radical (unpaired) electrons. The third-order valence-corrected chi connectivity index (χ3v) is 4.67. The zero-order valence-electron chi connectivity index (χ0n) is 10.4. The second kappa shape index (κ2) is 4.66. The lowest BCUT2D eigenvalue weighted by Crippen LogP contribution is -2.36. The van der Waals surface area contributed by atoms with Crippen LogP contribution in [0.15, 0.2) is 15.5 Å². The molecule has 5 nitrogen and oxygen atoms in total. The molecule has 2 aliphatic heterocycles. The standard InChI is InChI=1S/C12H17BrN4O/c1-16-12(18)11(13)10(6-14-16)17-5-4-8-2-3-9(7-17)15-8/h6,8-9,15H,2-5,7H2,1H3. The van der Waals surface area contributed by atoms with Crippen molar-refractivity contribution in [2.45, 2.75) is 31.3 Å². The maximum Gasteiger partial charge on any atom is 0.282 e. The Morgan fingerprint density at radius 1 is 1.39 bits per heavy atom. The van der Waals surface area contributed by atoms with Crippen molar-refractivity contribution < 1.29 is 0 Å². The molecule has 3 rings (SSSR count). The van der Waals surface area contributed by atoms with Crippen molar-refractivity contribution >= 4 is 21.6 Å². The van der Waals surface area contributed by atoms with Gasteiger partial charge in [0.05, 0.1) is 11.9 Å². The molecule has 1 aromatic heterocycles. The van der Waals surface area contributed by atoms with E-state index < -0.39 is 0 Å². The van der Waals surface area contributed by atoms with Crippen LogP contribution in [0.2, 0.25) is 0 Å². The van der Waals surface area contributed by atoms with Crippen molar-refractivity contribution in [1.29, 1.82) is 0 Å². The number of aromatic nitrogens is 2. The van der Waals surface area contributed by atoms with Gasteiger partial charge in [0.15, 0.2) is 0 Å². The van der Waals surface area contributed by atoms with E-state index in [1.807, 2.05) is 0 Å². The van der Waals surface area contributed by atoms with Crippen LogP contribution in [-0.4, -0.2) is 35.0 Å². The number of hydrogen-bond donors (Lipinski definition) is 1. The smallest absolute Gasteiger partial charge is 0.282 e. The molecule has 1 N–H and O–H groups in total. The van der Waals surface area contributed by atoms with Gasteiger partial charge in [-0.3, -0.25) is 4.79 Å². The number of anilines is 1. The molecule has 98 valence electrons.